The average Bonchev–Trinajstić information content (AvgIpc) is 2.80. The standard InChI is InChI=1S/C15H20N4OS/c1-4-19(5-2)13-8-6-12(7-9-13)10-16-18-15-17-14(20)11(3)21-15/h6-11H,4-5H2,1-3H3,(H,17,18,20)/b16-10-/t11-/m0/s1. The van der Waals surface area contributed by atoms with Gasteiger partial charge >= 0.3 is 0 Å². The molecule has 0 spiro atoms. The predicted molar refractivity (Wildman–Crippen MR) is 90.2 cm³/mol. The van der Waals surface area contributed by atoms with Crippen LogP contribution < -0.4 is 10.2 Å². The van der Waals surface area contributed by atoms with Gasteiger partial charge in [0, 0.05) is 18.8 Å². The molecule has 0 bridgehead atoms. The van der Waals surface area contributed by atoms with Crippen molar-refractivity contribution in [2.24, 2.45) is 10.2 Å². The first-order chi connectivity index (χ1) is 10.1. The van der Waals surface area contributed by atoms with E-state index < -0.39 is 0 Å². The Balaban J connectivity index is 1.99. The summed E-state index contributed by atoms with van der Waals surface area (Å²) in [4.78, 5) is 13.6. The molecule has 21 heavy (non-hydrogen) atoms. The Hall–Kier alpha value is -1.82. The van der Waals surface area contributed by atoms with E-state index in [1.807, 2.05) is 19.1 Å². The number of nitrogens with one attached hydrogen (secondary N) is 1. The number of nitrogens with zero attached hydrogens (tertiary/aromatic N) is 3. The highest BCUT2D eigenvalue weighted by atomic mass is 32.2. The second kappa shape index (κ2) is 7.26. The van der Waals surface area contributed by atoms with Crippen molar-refractivity contribution >= 4 is 34.7 Å². The van der Waals surface area contributed by atoms with Gasteiger partial charge in [0.1, 0.15) is 0 Å². The van der Waals surface area contributed by atoms with Crippen LogP contribution in [0.5, 0.6) is 0 Å². The molecule has 1 aliphatic heterocycles. The van der Waals surface area contributed by atoms with Crippen LogP contribution in [0.1, 0.15) is 26.3 Å². The van der Waals surface area contributed by atoms with Crippen molar-refractivity contribution in [2.75, 3.05) is 18.0 Å². The maximum absolute atomic E-state index is 11.3. The third-order valence-electron chi connectivity index (χ3n) is 3.26. The molecule has 0 radical (unpaired) electrons. The number of rotatable bonds is 5. The molecule has 0 saturated carbocycles. The van der Waals surface area contributed by atoms with Crippen LogP contribution in [0.25, 0.3) is 0 Å². The zero-order valence-corrected chi connectivity index (χ0v) is 13.4. The van der Waals surface area contributed by atoms with Crippen LogP contribution in [-0.4, -0.2) is 35.6 Å². The van der Waals surface area contributed by atoms with Crippen molar-refractivity contribution in [3.63, 3.8) is 0 Å². The number of anilines is 1. The van der Waals surface area contributed by atoms with E-state index in [1.54, 1.807) is 6.21 Å². The van der Waals surface area contributed by atoms with E-state index >= 15 is 0 Å². The van der Waals surface area contributed by atoms with Gasteiger partial charge in [-0.05, 0) is 38.5 Å². The van der Waals surface area contributed by atoms with Gasteiger partial charge in [-0.2, -0.15) is 5.10 Å². The van der Waals surface area contributed by atoms with Crippen molar-refractivity contribution in [1.82, 2.24) is 5.32 Å². The van der Waals surface area contributed by atoms with Crippen LogP contribution in [0.3, 0.4) is 0 Å². The van der Waals surface area contributed by atoms with Crippen molar-refractivity contribution in [3.8, 4) is 0 Å². The van der Waals surface area contributed by atoms with E-state index in [0.717, 1.165) is 18.7 Å². The maximum Gasteiger partial charge on any atom is 0.239 e. The fourth-order valence-corrected chi connectivity index (χ4v) is 2.77. The summed E-state index contributed by atoms with van der Waals surface area (Å²) in [6.07, 6.45) is 1.69. The van der Waals surface area contributed by atoms with Gasteiger partial charge in [0.05, 0.1) is 11.5 Å². The molecule has 2 rings (SSSR count). The topological polar surface area (TPSA) is 57.1 Å². The Morgan fingerprint density at radius 2 is 1.95 bits per heavy atom. The predicted octanol–water partition coefficient (Wildman–Crippen LogP) is 2.47. The van der Waals surface area contributed by atoms with Gasteiger partial charge in [0.2, 0.25) is 5.91 Å². The minimum atomic E-state index is -0.0905. The lowest BCUT2D eigenvalue weighted by molar-refractivity contribution is -0.118. The molecule has 5 nitrogen and oxygen atoms in total. The molecule has 1 saturated heterocycles. The number of carbonyl (C=O) groups is 1. The molecule has 1 amide bonds. The van der Waals surface area contributed by atoms with E-state index in [0.29, 0.717) is 5.17 Å². The second-order valence-electron chi connectivity index (χ2n) is 4.66. The molecule has 1 aliphatic rings. The fraction of sp³-hybridized carbons (Fsp3) is 0.400. The number of hydrogen-bond acceptors (Lipinski definition) is 5. The third kappa shape index (κ3) is 4.07. The molecule has 1 heterocycles. The van der Waals surface area contributed by atoms with Crippen LogP contribution in [0, 0.1) is 0 Å². The number of benzene rings is 1. The summed E-state index contributed by atoms with van der Waals surface area (Å²) >= 11 is 1.39. The van der Waals surface area contributed by atoms with Crippen LogP contribution in [0.4, 0.5) is 5.69 Å². The second-order valence-corrected chi connectivity index (χ2v) is 5.99. The summed E-state index contributed by atoms with van der Waals surface area (Å²) in [6.45, 7) is 8.12. The van der Waals surface area contributed by atoms with Crippen molar-refractivity contribution < 1.29 is 4.79 Å². The molecule has 112 valence electrons. The van der Waals surface area contributed by atoms with Gasteiger partial charge in [-0.3, -0.25) is 4.79 Å². The third-order valence-corrected chi connectivity index (χ3v) is 4.24. The lowest BCUT2D eigenvalue weighted by Gasteiger charge is -2.20. The molecule has 0 aromatic heterocycles. The molecular formula is C15H20N4OS. The van der Waals surface area contributed by atoms with Gasteiger partial charge in [0.15, 0.2) is 5.17 Å². The first-order valence-electron chi connectivity index (χ1n) is 7.07. The Morgan fingerprint density at radius 3 is 2.48 bits per heavy atom. The van der Waals surface area contributed by atoms with E-state index in [-0.39, 0.29) is 11.2 Å². The molecule has 1 atom stereocenters. The molecule has 6 heteroatoms. The molecule has 0 unspecified atom stereocenters. The van der Waals surface area contributed by atoms with Gasteiger partial charge < -0.3 is 10.2 Å². The van der Waals surface area contributed by atoms with E-state index in [1.165, 1.54) is 17.4 Å². The zero-order chi connectivity index (χ0) is 15.2. The van der Waals surface area contributed by atoms with Crippen molar-refractivity contribution in [1.29, 1.82) is 0 Å². The molecule has 0 aliphatic carbocycles. The smallest absolute Gasteiger partial charge is 0.239 e. The number of amides is 1. The zero-order valence-electron chi connectivity index (χ0n) is 12.5. The highest BCUT2D eigenvalue weighted by Gasteiger charge is 2.25. The molecule has 1 aromatic rings. The summed E-state index contributed by atoms with van der Waals surface area (Å²) in [7, 11) is 0. The Bertz CT molecular complexity index is 549. The van der Waals surface area contributed by atoms with Crippen molar-refractivity contribution in [3.05, 3.63) is 29.8 Å². The summed E-state index contributed by atoms with van der Waals surface area (Å²) in [5.74, 6) is -0.0162. The first-order valence-corrected chi connectivity index (χ1v) is 7.95. The summed E-state index contributed by atoms with van der Waals surface area (Å²) in [5, 5.41) is 11.2. The summed E-state index contributed by atoms with van der Waals surface area (Å²) < 4.78 is 0. The summed E-state index contributed by atoms with van der Waals surface area (Å²) in [6, 6.07) is 8.19. The van der Waals surface area contributed by atoms with Crippen LogP contribution >= 0.6 is 11.8 Å². The molecule has 1 fully saturated rings. The Kier molecular flexibility index (Phi) is 5.38. The minimum absolute atomic E-state index is 0.0162. The minimum Gasteiger partial charge on any atom is -0.372 e. The normalized spacial score (nSPS) is 20.2. The maximum atomic E-state index is 11.3. The summed E-state index contributed by atoms with van der Waals surface area (Å²) in [5.41, 5.74) is 2.19. The van der Waals surface area contributed by atoms with Crippen LogP contribution in [0.15, 0.2) is 34.5 Å². The van der Waals surface area contributed by atoms with Gasteiger partial charge in [-0.15, -0.1) is 5.10 Å². The highest BCUT2D eigenvalue weighted by molar-refractivity contribution is 8.15. The average molecular weight is 304 g/mol. The molecular weight excluding hydrogens is 284 g/mol. The quantitative estimate of drug-likeness (QED) is 0.671. The van der Waals surface area contributed by atoms with Crippen LogP contribution in [0.2, 0.25) is 0 Å². The Morgan fingerprint density at radius 1 is 1.29 bits per heavy atom. The van der Waals surface area contributed by atoms with Crippen molar-refractivity contribution in [2.45, 2.75) is 26.0 Å². The number of hydrogen-bond donors (Lipinski definition) is 1. The lowest BCUT2D eigenvalue weighted by Crippen LogP contribution is -2.23. The molecule has 1 aromatic carbocycles. The largest absolute Gasteiger partial charge is 0.372 e. The number of carbonyl (C=O) groups excluding carboxylic acids is 1. The van der Waals surface area contributed by atoms with E-state index in [4.69, 9.17) is 0 Å². The first kappa shape index (κ1) is 15.6. The van der Waals surface area contributed by atoms with Crippen LogP contribution in [-0.2, 0) is 4.79 Å². The fourth-order valence-electron chi connectivity index (χ4n) is 2.01. The number of thioether (sulfide) groups is 1. The van der Waals surface area contributed by atoms with E-state index in [9.17, 15) is 4.79 Å². The molecule has 1 N–H and O–H groups in total. The lowest BCUT2D eigenvalue weighted by atomic mass is 10.2. The highest BCUT2D eigenvalue weighted by Crippen LogP contribution is 2.18. The van der Waals surface area contributed by atoms with Gasteiger partial charge in [0.25, 0.3) is 0 Å². The van der Waals surface area contributed by atoms with Gasteiger partial charge in [-0.1, -0.05) is 23.9 Å². The van der Waals surface area contributed by atoms with Gasteiger partial charge in [-0.25, -0.2) is 0 Å². The monoisotopic (exact) mass is 304 g/mol. The van der Waals surface area contributed by atoms with E-state index in [2.05, 4.69) is 46.4 Å². The Labute approximate surface area is 129 Å². The number of amidine groups is 1. The SMILES string of the molecule is CCN(CC)c1ccc(/C=N\N=C2\NC(=O)[C@H](C)S2)cc1.